The van der Waals surface area contributed by atoms with Crippen molar-refractivity contribution in [3.8, 4) is 0 Å². The molecular weight excluding hydrogens is 380 g/mol. The predicted octanol–water partition coefficient (Wildman–Crippen LogP) is 3.25. The van der Waals surface area contributed by atoms with Crippen molar-refractivity contribution < 1.29 is 18.7 Å². The van der Waals surface area contributed by atoms with Gasteiger partial charge < -0.3 is 13.9 Å². The van der Waals surface area contributed by atoms with Crippen LogP contribution in [0, 0.1) is 0 Å². The average Bonchev–Trinajstić information content (AvgIpc) is 3.40. The lowest BCUT2D eigenvalue weighted by molar-refractivity contribution is 0.0563. The standard InChI is InChI=1S/C20H20N2O5S/c1-25-19(24)17-9-8-14(27-17)12-28-20-21-16-7-3-2-6-15(16)18(23)22(20)11-13-5-4-10-26-13/h2-3,6-9,13H,4-5,10-12H2,1H3. The van der Waals surface area contributed by atoms with E-state index in [0.29, 0.717) is 34.1 Å². The third-order valence-corrected chi connectivity index (χ3v) is 5.63. The van der Waals surface area contributed by atoms with E-state index < -0.39 is 5.97 Å². The molecule has 1 saturated heterocycles. The summed E-state index contributed by atoms with van der Waals surface area (Å²) in [6, 6.07) is 10.6. The van der Waals surface area contributed by atoms with Crippen molar-refractivity contribution >= 4 is 28.6 Å². The van der Waals surface area contributed by atoms with Gasteiger partial charge in [-0.15, -0.1) is 0 Å². The number of nitrogens with zero attached hydrogens (tertiary/aromatic N) is 2. The highest BCUT2D eigenvalue weighted by Crippen LogP contribution is 2.25. The predicted molar refractivity (Wildman–Crippen MR) is 105 cm³/mol. The maximum Gasteiger partial charge on any atom is 0.373 e. The van der Waals surface area contributed by atoms with E-state index in [0.717, 1.165) is 19.4 Å². The fourth-order valence-electron chi connectivity index (χ4n) is 3.21. The highest BCUT2D eigenvalue weighted by Gasteiger charge is 2.20. The molecule has 0 N–H and O–H groups in total. The number of para-hydroxylation sites is 1. The first-order valence-corrected chi connectivity index (χ1v) is 10.1. The minimum atomic E-state index is -0.518. The van der Waals surface area contributed by atoms with Crippen LogP contribution in [-0.2, 0) is 21.8 Å². The molecule has 8 heteroatoms. The van der Waals surface area contributed by atoms with Crippen LogP contribution < -0.4 is 5.56 Å². The van der Waals surface area contributed by atoms with Crippen molar-refractivity contribution in [2.45, 2.75) is 36.4 Å². The summed E-state index contributed by atoms with van der Waals surface area (Å²) in [7, 11) is 1.31. The summed E-state index contributed by atoms with van der Waals surface area (Å²) in [6.45, 7) is 1.20. The Morgan fingerprint density at radius 3 is 2.96 bits per heavy atom. The van der Waals surface area contributed by atoms with Crippen LogP contribution in [0.4, 0.5) is 0 Å². The number of aromatic nitrogens is 2. The first-order chi connectivity index (χ1) is 13.7. The van der Waals surface area contributed by atoms with Crippen LogP contribution in [0.5, 0.6) is 0 Å². The van der Waals surface area contributed by atoms with Gasteiger partial charge in [0.05, 0.1) is 36.4 Å². The number of benzene rings is 1. The van der Waals surface area contributed by atoms with Gasteiger partial charge in [-0.05, 0) is 37.1 Å². The minimum absolute atomic E-state index is 0.0227. The molecule has 146 valence electrons. The number of furan rings is 1. The zero-order valence-corrected chi connectivity index (χ0v) is 16.2. The Kier molecular flexibility index (Phi) is 5.50. The van der Waals surface area contributed by atoms with E-state index in [1.54, 1.807) is 22.8 Å². The Balaban J connectivity index is 1.63. The zero-order valence-electron chi connectivity index (χ0n) is 15.4. The normalized spacial score (nSPS) is 16.5. The maximum absolute atomic E-state index is 13.1. The molecule has 1 unspecified atom stereocenters. The van der Waals surface area contributed by atoms with Gasteiger partial charge in [0.1, 0.15) is 5.76 Å². The largest absolute Gasteiger partial charge is 0.463 e. The number of thioether (sulfide) groups is 1. The Labute approximate surface area is 165 Å². The molecule has 2 aromatic heterocycles. The maximum atomic E-state index is 13.1. The number of ether oxygens (including phenoxy) is 2. The number of esters is 1. The van der Waals surface area contributed by atoms with Crippen LogP contribution in [0.3, 0.4) is 0 Å². The van der Waals surface area contributed by atoms with Crippen LogP contribution >= 0.6 is 11.8 Å². The van der Waals surface area contributed by atoms with Crippen molar-refractivity contribution in [2.75, 3.05) is 13.7 Å². The molecule has 1 aromatic carbocycles. The molecule has 0 aliphatic carbocycles. The van der Waals surface area contributed by atoms with Crippen LogP contribution in [0.1, 0.15) is 29.2 Å². The molecule has 4 rings (SSSR count). The van der Waals surface area contributed by atoms with Crippen molar-refractivity contribution in [3.63, 3.8) is 0 Å². The topological polar surface area (TPSA) is 83.6 Å². The molecule has 3 aromatic rings. The molecule has 0 bridgehead atoms. The second-order valence-electron chi connectivity index (χ2n) is 6.51. The molecule has 1 aliphatic rings. The van der Waals surface area contributed by atoms with E-state index in [1.807, 2.05) is 18.2 Å². The van der Waals surface area contributed by atoms with Gasteiger partial charge in [-0.3, -0.25) is 9.36 Å². The summed E-state index contributed by atoms with van der Waals surface area (Å²) in [5.74, 6) is 0.681. The van der Waals surface area contributed by atoms with Gasteiger partial charge >= 0.3 is 5.97 Å². The summed E-state index contributed by atoms with van der Waals surface area (Å²) < 4.78 is 17.6. The van der Waals surface area contributed by atoms with Crippen molar-refractivity contribution in [2.24, 2.45) is 0 Å². The van der Waals surface area contributed by atoms with E-state index >= 15 is 0 Å². The molecule has 0 amide bonds. The lowest BCUT2D eigenvalue weighted by Crippen LogP contribution is -2.28. The lowest BCUT2D eigenvalue weighted by Gasteiger charge is -2.16. The molecule has 1 fully saturated rings. The highest BCUT2D eigenvalue weighted by atomic mass is 32.2. The second kappa shape index (κ2) is 8.20. The number of carbonyl (C=O) groups excluding carboxylic acids is 1. The summed E-state index contributed by atoms with van der Waals surface area (Å²) >= 11 is 1.40. The lowest BCUT2D eigenvalue weighted by atomic mass is 10.2. The van der Waals surface area contributed by atoms with Gasteiger partial charge in [0, 0.05) is 6.61 Å². The van der Waals surface area contributed by atoms with E-state index in [1.165, 1.54) is 18.9 Å². The fraction of sp³-hybridized carbons (Fsp3) is 0.350. The van der Waals surface area contributed by atoms with Gasteiger partial charge in [0.15, 0.2) is 5.16 Å². The summed E-state index contributed by atoms with van der Waals surface area (Å²) in [4.78, 5) is 29.3. The number of carbonyl (C=O) groups is 1. The number of fused-ring (bicyclic) bond motifs is 1. The van der Waals surface area contributed by atoms with Crippen molar-refractivity contribution in [1.82, 2.24) is 9.55 Å². The first kappa shape index (κ1) is 18.8. The SMILES string of the molecule is COC(=O)c1ccc(CSc2nc3ccccc3c(=O)n2CC2CCCO2)o1. The number of rotatable bonds is 6. The van der Waals surface area contributed by atoms with E-state index in [2.05, 4.69) is 9.72 Å². The number of hydrogen-bond donors (Lipinski definition) is 0. The Hall–Kier alpha value is -2.58. The first-order valence-electron chi connectivity index (χ1n) is 9.06. The molecule has 0 saturated carbocycles. The summed E-state index contributed by atoms with van der Waals surface area (Å²) in [5.41, 5.74) is 0.589. The van der Waals surface area contributed by atoms with Crippen LogP contribution in [-0.4, -0.2) is 35.3 Å². The van der Waals surface area contributed by atoms with E-state index in [9.17, 15) is 9.59 Å². The molecule has 0 spiro atoms. The Morgan fingerprint density at radius 1 is 1.32 bits per heavy atom. The van der Waals surface area contributed by atoms with Crippen LogP contribution in [0.15, 0.2) is 50.8 Å². The fourth-order valence-corrected chi connectivity index (χ4v) is 4.11. The molecule has 3 heterocycles. The minimum Gasteiger partial charge on any atom is -0.463 e. The van der Waals surface area contributed by atoms with Gasteiger partial charge in [0.2, 0.25) is 5.76 Å². The van der Waals surface area contributed by atoms with E-state index in [4.69, 9.17) is 9.15 Å². The molecule has 7 nitrogen and oxygen atoms in total. The average molecular weight is 400 g/mol. The third kappa shape index (κ3) is 3.83. The zero-order chi connectivity index (χ0) is 19.5. The van der Waals surface area contributed by atoms with E-state index in [-0.39, 0.29) is 17.4 Å². The third-order valence-electron chi connectivity index (χ3n) is 4.63. The summed E-state index contributed by atoms with van der Waals surface area (Å²) in [5, 5.41) is 1.20. The molecular formula is C20H20N2O5S. The van der Waals surface area contributed by atoms with Gasteiger partial charge in [-0.2, -0.15) is 0 Å². The Morgan fingerprint density at radius 2 is 2.18 bits per heavy atom. The smallest absolute Gasteiger partial charge is 0.373 e. The molecule has 28 heavy (non-hydrogen) atoms. The van der Waals surface area contributed by atoms with Gasteiger partial charge in [0.25, 0.3) is 5.56 Å². The monoisotopic (exact) mass is 400 g/mol. The van der Waals surface area contributed by atoms with Crippen molar-refractivity contribution in [1.29, 1.82) is 0 Å². The summed E-state index contributed by atoms with van der Waals surface area (Å²) in [6.07, 6.45) is 1.96. The second-order valence-corrected chi connectivity index (χ2v) is 7.45. The quantitative estimate of drug-likeness (QED) is 0.357. The highest BCUT2D eigenvalue weighted by molar-refractivity contribution is 7.98. The molecule has 0 radical (unpaired) electrons. The van der Waals surface area contributed by atoms with Gasteiger partial charge in [-0.25, -0.2) is 9.78 Å². The number of methoxy groups -OCH3 is 1. The molecule has 1 atom stereocenters. The van der Waals surface area contributed by atoms with Crippen LogP contribution in [0.2, 0.25) is 0 Å². The van der Waals surface area contributed by atoms with Crippen molar-refractivity contribution in [3.05, 3.63) is 58.3 Å². The van der Waals surface area contributed by atoms with Gasteiger partial charge in [-0.1, -0.05) is 23.9 Å². The Bertz CT molecular complexity index is 1050. The molecule has 1 aliphatic heterocycles. The van der Waals surface area contributed by atoms with Crippen LogP contribution in [0.25, 0.3) is 10.9 Å². The number of hydrogen-bond acceptors (Lipinski definition) is 7.